The third kappa shape index (κ3) is 5.15. The SMILES string of the molecule is CN1CCOC(CNC(=O)CC(c2ccccc2)c2ccccc2)C1. The number of hydrogen-bond acceptors (Lipinski definition) is 3. The fraction of sp³-hybridized carbons (Fsp3) is 0.381. The molecule has 1 aliphatic rings. The van der Waals surface area contributed by atoms with Gasteiger partial charge in [0.1, 0.15) is 0 Å². The summed E-state index contributed by atoms with van der Waals surface area (Å²) in [5, 5.41) is 3.05. The van der Waals surface area contributed by atoms with Crippen LogP contribution in [0.15, 0.2) is 60.7 Å². The van der Waals surface area contributed by atoms with Crippen LogP contribution in [-0.2, 0) is 9.53 Å². The van der Waals surface area contributed by atoms with Crippen molar-refractivity contribution in [2.45, 2.75) is 18.4 Å². The molecule has 2 aromatic carbocycles. The molecule has 0 bridgehead atoms. The average Bonchev–Trinajstić information content (AvgIpc) is 2.66. The van der Waals surface area contributed by atoms with E-state index in [9.17, 15) is 4.79 Å². The molecular weight excluding hydrogens is 312 g/mol. The zero-order valence-corrected chi connectivity index (χ0v) is 14.7. The molecule has 0 saturated carbocycles. The highest BCUT2D eigenvalue weighted by Gasteiger charge is 2.21. The molecule has 1 fully saturated rings. The van der Waals surface area contributed by atoms with E-state index >= 15 is 0 Å². The first-order valence-electron chi connectivity index (χ1n) is 8.89. The number of benzene rings is 2. The Morgan fingerprint density at radius 2 is 1.72 bits per heavy atom. The molecular formula is C21H26N2O2. The number of carbonyl (C=O) groups excluding carboxylic acids is 1. The predicted molar refractivity (Wildman–Crippen MR) is 99.6 cm³/mol. The van der Waals surface area contributed by atoms with Crippen molar-refractivity contribution in [3.63, 3.8) is 0 Å². The highest BCUT2D eigenvalue weighted by atomic mass is 16.5. The topological polar surface area (TPSA) is 41.6 Å². The highest BCUT2D eigenvalue weighted by molar-refractivity contribution is 5.77. The molecule has 0 radical (unpaired) electrons. The summed E-state index contributed by atoms with van der Waals surface area (Å²) in [6, 6.07) is 20.4. The lowest BCUT2D eigenvalue weighted by Gasteiger charge is -2.30. The fourth-order valence-electron chi connectivity index (χ4n) is 3.27. The molecule has 4 nitrogen and oxygen atoms in total. The lowest BCUT2D eigenvalue weighted by atomic mass is 9.88. The molecule has 2 aromatic rings. The Kier molecular flexibility index (Phi) is 6.20. The van der Waals surface area contributed by atoms with Crippen LogP contribution < -0.4 is 5.32 Å². The van der Waals surface area contributed by atoms with E-state index in [2.05, 4.69) is 41.5 Å². The van der Waals surface area contributed by atoms with Gasteiger partial charge in [-0.25, -0.2) is 0 Å². The molecule has 1 heterocycles. The molecule has 1 N–H and O–H groups in total. The molecule has 132 valence electrons. The van der Waals surface area contributed by atoms with Crippen LogP contribution in [0.1, 0.15) is 23.5 Å². The number of morpholine rings is 1. The van der Waals surface area contributed by atoms with Crippen LogP contribution in [0.2, 0.25) is 0 Å². The van der Waals surface area contributed by atoms with Crippen molar-refractivity contribution in [3.05, 3.63) is 71.8 Å². The number of ether oxygens (including phenoxy) is 1. The maximum absolute atomic E-state index is 12.5. The minimum Gasteiger partial charge on any atom is -0.374 e. The lowest BCUT2D eigenvalue weighted by molar-refractivity contribution is -0.122. The van der Waals surface area contributed by atoms with Crippen LogP contribution in [0.4, 0.5) is 0 Å². The van der Waals surface area contributed by atoms with Crippen LogP contribution >= 0.6 is 0 Å². The van der Waals surface area contributed by atoms with E-state index < -0.39 is 0 Å². The standard InChI is InChI=1S/C21H26N2O2/c1-23-12-13-25-19(16-23)15-22-21(24)14-20(17-8-4-2-5-9-17)18-10-6-3-7-11-18/h2-11,19-20H,12-16H2,1H3,(H,22,24). The summed E-state index contributed by atoms with van der Waals surface area (Å²) in [6.07, 6.45) is 0.519. The Morgan fingerprint density at radius 1 is 1.12 bits per heavy atom. The molecule has 1 amide bonds. The van der Waals surface area contributed by atoms with E-state index in [1.807, 2.05) is 36.4 Å². The van der Waals surface area contributed by atoms with Crippen LogP contribution in [0, 0.1) is 0 Å². The third-order valence-corrected chi connectivity index (χ3v) is 4.66. The average molecular weight is 338 g/mol. The van der Waals surface area contributed by atoms with E-state index in [1.165, 1.54) is 0 Å². The second-order valence-corrected chi connectivity index (χ2v) is 6.64. The van der Waals surface area contributed by atoms with Gasteiger partial charge in [0.2, 0.25) is 5.91 Å². The molecule has 4 heteroatoms. The number of amides is 1. The number of nitrogens with one attached hydrogen (secondary N) is 1. The van der Waals surface area contributed by atoms with E-state index in [-0.39, 0.29) is 17.9 Å². The Balaban J connectivity index is 1.63. The van der Waals surface area contributed by atoms with Crippen molar-refractivity contribution in [1.29, 1.82) is 0 Å². The normalized spacial score (nSPS) is 18.2. The van der Waals surface area contributed by atoms with Gasteiger partial charge in [-0.1, -0.05) is 60.7 Å². The summed E-state index contributed by atoms with van der Waals surface area (Å²) >= 11 is 0. The summed E-state index contributed by atoms with van der Waals surface area (Å²) in [6.45, 7) is 3.11. The summed E-state index contributed by atoms with van der Waals surface area (Å²) in [5.74, 6) is 0.131. The Bertz CT molecular complexity index is 621. The van der Waals surface area contributed by atoms with Crippen molar-refractivity contribution in [3.8, 4) is 0 Å². The van der Waals surface area contributed by atoms with Gasteiger partial charge in [0.15, 0.2) is 0 Å². The van der Waals surface area contributed by atoms with Crippen molar-refractivity contribution < 1.29 is 9.53 Å². The molecule has 0 aromatic heterocycles. The molecule has 1 aliphatic heterocycles. The van der Waals surface area contributed by atoms with Crippen LogP contribution in [0.25, 0.3) is 0 Å². The number of rotatable bonds is 6. The second kappa shape index (κ2) is 8.79. The zero-order chi connectivity index (χ0) is 17.5. The van der Waals surface area contributed by atoms with E-state index in [0.717, 1.165) is 30.8 Å². The van der Waals surface area contributed by atoms with E-state index in [0.29, 0.717) is 13.0 Å². The van der Waals surface area contributed by atoms with Crippen molar-refractivity contribution in [1.82, 2.24) is 10.2 Å². The van der Waals surface area contributed by atoms with Gasteiger partial charge >= 0.3 is 0 Å². The van der Waals surface area contributed by atoms with Crippen molar-refractivity contribution >= 4 is 5.91 Å². The number of likely N-dealkylation sites (N-methyl/N-ethyl adjacent to an activating group) is 1. The van der Waals surface area contributed by atoms with Crippen LogP contribution in [0.5, 0.6) is 0 Å². The first-order valence-corrected chi connectivity index (χ1v) is 8.89. The molecule has 1 saturated heterocycles. The van der Waals surface area contributed by atoms with Gasteiger partial charge in [0.25, 0.3) is 0 Å². The summed E-state index contributed by atoms with van der Waals surface area (Å²) in [7, 11) is 2.08. The maximum Gasteiger partial charge on any atom is 0.221 e. The molecule has 0 aliphatic carbocycles. The van der Waals surface area contributed by atoms with Gasteiger partial charge in [-0.3, -0.25) is 4.79 Å². The van der Waals surface area contributed by atoms with Crippen LogP contribution in [0.3, 0.4) is 0 Å². The zero-order valence-electron chi connectivity index (χ0n) is 14.7. The Hall–Kier alpha value is -2.17. The minimum atomic E-state index is 0.0644. The number of nitrogens with zero attached hydrogens (tertiary/aromatic N) is 1. The van der Waals surface area contributed by atoms with Gasteiger partial charge in [-0.2, -0.15) is 0 Å². The highest BCUT2D eigenvalue weighted by Crippen LogP contribution is 2.27. The van der Waals surface area contributed by atoms with Gasteiger partial charge in [0.05, 0.1) is 12.7 Å². The Labute approximate surface area is 149 Å². The predicted octanol–water partition coefficient (Wildman–Crippen LogP) is 2.66. The van der Waals surface area contributed by atoms with Gasteiger partial charge in [-0.05, 0) is 18.2 Å². The van der Waals surface area contributed by atoms with Crippen LogP contribution in [-0.4, -0.2) is 50.2 Å². The quantitative estimate of drug-likeness (QED) is 0.880. The van der Waals surface area contributed by atoms with Gasteiger partial charge < -0.3 is 15.0 Å². The van der Waals surface area contributed by atoms with Gasteiger partial charge in [-0.15, -0.1) is 0 Å². The van der Waals surface area contributed by atoms with E-state index in [4.69, 9.17) is 4.74 Å². The lowest BCUT2D eigenvalue weighted by Crippen LogP contribution is -2.46. The molecule has 0 spiro atoms. The van der Waals surface area contributed by atoms with Crippen molar-refractivity contribution in [2.24, 2.45) is 0 Å². The second-order valence-electron chi connectivity index (χ2n) is 6.64. The number of hydrogen-bond donors (Lipinski definition) is 1. The maximum atomic E-state index is 12.5. The summed E-state index contributed by atoms with van der Waals surface area (Å²) in [4.78, 5) is 14.8. The Morgan fingerprint density at radius 3 is 2.28 bits per heavy atom. The monoisotopic (exact) mass is 338 g/mol. The molecule has 1 unspecified atom stereocenters. The third-order valence-electron chi connectivity index (χ3n) is 4.66. The number of carbonyl (C=O) groups is 1. The summed E-state index contributed by atoms with van der Waals surface area (Å²) in [5.41, 5.74) is 2.33. The molecule has 1 atom stereocenters. The smallest absolute Gasteiger partial charge is 0.221 e. The van der Waals surface area contributed by atoms with Crippen molar-refractivity contribution in [2.75, 3.05) is 33.3 Å². The fourth-order valence-corrected chi connectivity index (χ4v) is 3.27. The molecule has 3 rings (SSSR count). The molecule has 25 heavy (non-hydrogen) atoms. The first kappa shape index (κ1) is 17.6. The summed E-state index contributed by atoms with van der Waals surface area (Å²) < 4.78 is 5.72. The van der Waals surface area contributed by atoms with Gasteiger partial charge in [0, 0.05) is 32.0 Å². The first-order chi connectivity index (χ1) is 12.2. The largest absolute Gasteiger partial charge is 0.374 e. The minimum absolute atomic E-state index is 0.0644. The van der Waals surface area contributed by atoms with E-state index in [1.54, 1.807) is 0 Å².